The second kappa shape index (κ2) is 6.50. The van der Waals surface area contributed by atoms with Crippen LogP contribution in [0.4, 0.5) is 4.39 Å². The number of hydrogen-bond donors (Lipinski definition) is 2. The zero-order valence-corrected chi connectivity index (χ0v) is 11.1. The molecular weight excluding hydrogens is 261 g/mol. The lowest BCUT2D eigenvalue weighted by molar-refractivity contribution is -0.144. The van der Waals surface area contributed by atoms with Gasteiger partial charge in [-0.1, -0.05) is 24.6 Å². The Hall–Kier alpha value is -1.91. The van der Waals surface area contributed by atoms with Gasteiger partial charge in [0.1, 0.15) is 5.82 Å². The standard InChI is InChI=1S/C15H18FNO3/c16-13-7-2-1-4-12(13)9-17-14(18)10-5-3-6-11(8-10)15(19)20/h1-2,4,7,10-11H,3,5-6,8-9H2,(H,17,18)(H,19,20). The average Bonchev–Trinajstić information content (AvgIpc) is 2.46. The Bertz CT molecular complexity index is 504. The van der Waals surface area contributed by atoms with E-state index in [2.05, 4.69) is 5.32 Å². The first-order valence-electron chi connectivity index (χ1n) is 6.82. The van der Waals surface area contributed by atoms with Crippen molar-refractivity contribution in [2.75, 3.05) is 0 Å². The molecule has 0 aliphatic heterocycles. The highest BCUT2D eigenvalue weighted by Crippen LogP contribution is 2.29. The highest BCUT2D eigenvalue weighted by Gasteiger charge is 2.30. The Morgan fingerprint density at radius 1 is 1.25 bits per heavy atom. The molecule has 0 saturated heterocycles. The summed E-state index contributed by atoms with van der Waals surface area (Å²) >= 11 is 0. The molecule has 2 N–H and O–H groups in total. The molecular formula is C15H18FNO3. The van der Waals surface area contributed by atoms with Gasteiger partial charge in [-0.15, -0.1) is 0 Å². The van der Waals surface area contributed by atoms with Crippen LogP contribution in [0, 0.1) is 17.7 Å². The summed E-state index contributed by atoms with van der Waals surface area (Å²) in [6.07, 6.45) is 2.45. The monoisotopic (exact) mass is 279 g/mol. The fraction of sp³-hybridized carbons (Fsp3) is 0.467. The first-order chi connectivity index (χ1) is 9.58. The van der Waals surface area contributed by atoms with Crippen molar-refractivity contribution in [3.63, 3.8) is 0 Å². The minimum Gasteiger partial charge on any atom is -0.481 e. The van der Waals surface area contributed by atoms with Crippen molar-refractivity contribution in [1.29, 1.82) is 0 Å². The second-order valence-electron chi connectivity index (χ2n) is 5.21. The van der Waals surface area contributed by atoms with E-state index >= 15 is 0 Å². The summed E-state index contributed by atoms with van der Waals surface area (Å²) in [5.74, 6) is -2.08. The van der Waals surface area contributed by atoms with E-state index in [1.165, 1.54) is 6.07 Å². The molecule has 0 aromatic heterocycles. The minimum atomic E-state index is -0.836. The molecule has 1 aliphatic rings. The van der Waals surface area contributed by atoms with Crippen LogP contribution >= 0.6 is 0 Å². The van der Waals surface area contributed by atoms with Crippen LogP contribution in [0.1, 0.15) is 31.2 Å². The number of nitrogens with one attached hydrogen (secondary N) is 1. The summed E-state index contributed by atoms with van der Waals surface area (Å²) in [5.41, 5.74) is 0.437. The molecule has 1 amide bonds. The molecule has 5 heteroatoms. The van der Waals surface area contributed by atoms with Crippen molar-refractivity contribution in [2.24, 2.45) is 11.8 Å². The molecule has 0 spiro atoms. The van der Waals surface area contributed by atoms with Gasteiger partial charge in [0.2, 0.25) is 5.91 Å². The number of amides is 1. The predicted molar refractivity (Wildman–Crippen MR) is 71.3 cm³/mol. The van der Waals surface area contributed by atoms with Gasteiger partial charge < -0.3 is 10.4 Å². The van der Waals surface area contributed by atoms with E-state index in [0.29, 0.717) is 24.8 Å². The van der Waals surface area contributed by atoms with E-state index in [9.17, 15) is 14.0 Å². The van der Waals surface area contributed by atoms with Gasteiger partial charge in [-0.25, -0.2) is 4.39 Å². The summed E-state index contributed by atoms with van der Waals surface area (Å²) in [7, 11) is 0. The van der Waals surface area contributed by atoms with Crippen molar-refractivity contribution in [1.82, 2.24) is 5.32 Å². The van der Waals surface area contributed by atoms with Crippen LogP contribution < -0.4 is 5.32 Å². The maximum Gasteiger partial charge on any atom is 0.306 e. The Morgan fingerprint density at radius 2 is 1.95 bits per heavy atom. The second-order valence-corrected chi connectivity index (χ2v) is 5.21. The topological polar surface area (TPSA) is 66.4 Å². The highest BCUT2D eigenvalue weighted by atomic mass is 19.1. The number of aliphatic carboxylic acids is 1. The minimum absolute atomic E-state index is 0.139. The molecule has 20 heavy (non-hydrogen) atoms. The van der Waals surface area contributed by atoms with Crippen LogP contribution in [0.15, 0.2) is 24.3 Å². The third-order valence-electron chi connectivity index (χ3n) is 3.81. The third kappa shape index (κ3) is 3.56. The SMILES string of the molecule is O=C(O)C1CCCC(C(=O)NCc2ccccc2F)C1. The van der Waals surface area contributed by atoms with Crippen LogP contribution in [-0.4, -0.2) is 17.0 Å². The third-order valence-corrected chi connectivity index (χ3v) is 3.81. The number of halogens is 1. The predicted octanol–water partition coefficient (Wildman–Crippen LogP) is 2.33. The van der Waals surface area contributed by atoms with Crippen LogP contribution in [-0.2, 0) is 16.1 Å². The summed E-state index contributed by atoms with van der Waals surface area (Å²) < 4.78 is 13.4. The number of carbonyl (C=O) groups is 2. The van der Waals surface area contributed by atoms with Crippen molar-refractivity contribution >= 4 is 11.9 Å². The lowest BCUT2D eigenvalue weighted by atomic mass is 9.81. The van der Waals surface area contributed by atoms with Gasteiger partial charge >= 0.3 is 5.97 Å². The van der Waals surface area contributed by atoms with Crippen LogP contribution in [0.3, 0.4) is 0 Å². The summed E-state index contributed by atoms with van der Waals surface area (Å²) in [6, 6.07) is 6.28. The zero-order valence-electron chi connectivity index (χ0n) is 11.1. The van der Waals surface area contributed by atoms with Crippen molar-refractivity contribution in [3.05, 3.63) is 35.6 Å². The molecule has 2 rings (SSSR count). The largest absolute Gasteiger partial charge is 0.481 e. The smallest absolute Gasteiger partial charge is 0.306 e. The number of carboxylic acids is 1. The maximum absolute atomic E-state index is 13.4. The molecule has 1 aliphatic carbocycles. The number of carboxylic acid groups (broad SMARTS) is 1. The summed E-state index contributed by atoms with van der Waals surface area (Å²) in [4.78, 5) is 23.0. The maximum atomic E-state index is 13.4. The molecule has 2 atom stereocenters. The van der Waals surface area contributed by atoms with Crippen LogP contribution in [0.5, 0.6) is 0 Å². The normalized spacial score (nSPS) is 22.2. The highest BCUT2D eigenvalue weighted by molar-refractivity contribution is 5.80. The van der Waals surface area contributed by atoms with Gasteiger partial charge in [-0.05, 0) is 25.3 Å². The van der Waals surface area contributed by atoms with E-state index in [4.69, 9.17) is 5.11 Å². The van der Waals surface area contributed by atoms with Gasteiger partial charge in [-0.2, -0.15) is 0 Å². The molecule has 0 radical (unpaired) electrons. The van der Waals surface area contributed by atoms with Crippen LogP contribution in [0.2, 0.25) is 0 Å². The molecule has 2 unspecified atom stereocenters. The molecule has 1 saturated carbocycles. The Balaban J connectivity index is 1.89. The van der Waals surface area contributed by atoms with E-state index in [0.717, 1.165) is 6.42 Å². The first kappa shape index (κ1) is 14.5. The fourth-order valence-corrected chi connectivity index (χ4v) is 2.62. The first-order valence-corrected chi connectivity index (χ1v) is 6.82. The van der Waals surface area contributed by atoms with Crippen molar-refractivity contribution < 1.29 is 19.1 Å². The molecule has 1 aromatic rings. The fourth-order valence-electron chi connectivity index (χ4n) is 2.62. The number of carbonyl (C=O) groups excluding carboxylic acids is 1. The number of rotatable bonds is 4. The van der Waals surface area contributed by atoms with Gasteiger partial charge in [0, 0.05) is 18.0 Å². The van der Waals surface area contributed by atoms with Gasteiger partial charge in [0.25, 0.3) is 0 Å². The molecule has 4 nitrogen and oxygen atoms in total. The average molecular weight is 279 g/mol. The summed E-state index contributed by atoms with van der Waals surface area (Å²) in [5, 5.41) is 11.7. The van der Waals surface area contributed by atoms with E-state index in [1.54, 1.807) is 18.2 Å². The van der Waals surface area contributed by atoms with E-state index in [1.807, 2.05) is 0 Å². The Labute approximate surface area is 117 Å². The molecule has 1 aromatic carbocycles. The summed E-state index contributed by atoms with van der Waals surface area (Å²) in [6.45, 7) is 0.139. The van der Waals surface area contributed by atoms with Crippen molar-refractivity contribution in [2.45, 2.75) is 32.2 Å². The van der Waals surface area contributed by atoms with Gasteiger partial charge in [-0.3, -0.25) is 9.59 Å². The quantitative estimate of drug-likeness (QED) is 0.889. The van der Waals surface area contributed by atoms with Gasteiger partial charge in [0.15, 0.2) is 0 Å². The lowest BCUT2D eigenvalue weighted by Crippen LogP contribution is -2.35. The van der Waals surface area contributed by atoms with Crippen LogP contribution in [0.25, 0.3) is 0 Å². The van der Waals surface area contributed by atoms with Gasteiger partial charge in [0.05, 0.1) is 5.92 Å². The Kier molecular flexibility index (Phi) is 4.71. The van der Waals surface area contributed by atoms with E-state index in [-0.39, 0.29) is 24.2 Å². The lowest BCUT2D eigenvalue weighted by Gasteiger charge is -2.25. The van der Waals surface area contributed by atoms with Crippen molar-refractivity contribution in [3.8, 4) is 0 Å². The zero-order chi connectivity index (χ0) is 14.5. The number of hydrogen-bond acceptors (Lipinski definition) is 2. The molecule has 108 valence electrons. The van der Waals surface area contributed by atoms with E-state index < -0.39 is 11.9 Å². The molecule has 1 fully saturated rings. The number of benzene rings is 1. The Morgan fingerprint density at radius 3 is 2.65 bits per heavy atom. The molecule has 0 heterocycles. The molecule has 0 bridgehead atoms.